The van der Waals surface area contributed by atoms with E-state index in [-0.39, 0.29) is 11.8 Å². The van der Waals surface area contributed by atoms with E-state index in [0.717, 1.165) is 3.57 Å². The summed E-state index contributed by atoms with van der Waals surface area (Å²) in [7, 11) is 0. The molecule has 0 spiro atoms. The summed E-state index contributed by atoms with van der Waals surface area (Å²) >= 11 is 2.05. The summed E-state index contributed by atoms with van der Waals surface area (Å²) in [5.41, 5.74) is 11.8. The third-order valence-electron chi connectivity index (χ3n) is 1.67. The van der Waals surface area contributed by atoms with Gasteiger partial charge in [0.1, 0.15) is 5.75 Å². The minimum atomic E-state index is -0.278. The highest BCUT2D eigenvalue weighted by Crippen LogP contribution is 2.27. The standard InChI is InChI=1S/C8H11IN2O/c9-6-3-1-2-5(8(6)12)7(11)4-10/h1-3,7,12H,4,10-11H2/t7-/m1/s1. The number of rotatable bonds is 2. The Balaban J connectivity index is 3.07. The molecule has 66 valence electrons. The normalized spacial score (nSPS) is 12.9. The van der Waals surface area contributed by atoms with Gasteiger partial charge in [0.25, 0.3) is 0 Å². The Morgan fingerprint density at radius 2 is 2.17 bits per heavy atom. The summed E-state index contributed by atoms with van der Waals surface area (Å²) in [5.74, 6) is 0.246. The van der Waals surface area contributed by atoms with Gasteiger partial charge < -0.3 is 16.6 Å². The molecular weight excluding hydrogens is 267 g/mol. The largest absolute Gasteiger partial charge is 0.506 e. The molecule has 12 heavy (non-hydrogen) atoms. The van der Waals surface area contributed by atoms with Crippen LogP contribution in [0.15, 0.2) is 18.2 Å². The van der Waals surface area contributed by atoms with Crippen LogP contribution in [-0.2, 0) is 0 Å². The van der Waals surface area contributed by atoms with E-state index in [1.807, 2.05) is 12.1 Å². The monoisotopic (exact) mass is 278 g/mol. The molecule has 0 unspecified atom stereocenters. The first-order chi connectivity index (χ1) is 5.66. The average Bonchev–Trinajstić information content (AvgIpc) is 2.08. The highest BCUT2D eigenvalue weighted by Gasteiger charge is 2.10. The number of aromatic hydroxyl groups is 1. The lowest BCUT2D eigenvalue weighted by Gasteiger charge is -2.11. The van der Waals surface area contributed by atoms with Crippen molar-refractivity contribution in [1.82, 2.24) is 0 Å². The van der Waals surface area contributed by atoms with Crippen molar-refractivity contribution in [3.05, 3.63) is 27.3 Å². The Kier molecular flexibility index (Phi) is 3.30. The molecule has 0 aliphatic carbocycles. The van der Waals surface area contributed by atoms with E-state index < -0.39 is 0 Å². The molecule has 0 fully saturated rings. The van der Waals surface area contributed by atoms with Crippen LogP contribution < -0.4 is 11.5 Å². The maximum atomic E-state index is 9.56. The Morgan fingerprint density at radius 3 is 2.75 bits per heavy atom. The summed E-state index contributed by atoms with van der Waals surface area (Å²) in [4.78, 5) is 0. The molecule has 0 aliphatic rings. The van der Waals surface area contributed by atoms with Crippen LogP contribution in [0.4, 0.5) is 0 Å². The minimum Gasteiger partial charge on any atom is -0.506 e. The number of phenolic OH excluding ortho intramolecular Hbond substituents is 1. The highest BCUT2D eigenvalue weighted by atomic mass is 127. The van der Waals surface area contributed by atoms with E-state index in [9.17, 15) is 5.11 Å². The average molecular weight is 278 g/mol. The minimum absolute atomic E-state index is 0.246. The van der Waals surface area contributed by atoms with Crippen LogP contribution in [0, 0.1) is 3.57 Å². The second-order valence-electron chi connectivity index (χ2n) is 2.52. The molecule has 0 saturated carbocycles. The van der Waals surface area contributed by atoms with Crippen LogP contribution in [0.25, 0.3) is 0 Å². The molecule has 0 saturated heterocycles. The maximum Gasteiger partial charge on any atom is 0.133 e. The number of benzene rings is 1. The predicted octanol–water partition coefficient (Wildman–Crippen LogP) is 0.955. The van der Waals surface area contributed by atoms with Gasteiger partial charge in [-0.1, -0.05) is 12.1 Å². The van der Waals surface area contributed by atoms with E-state index in [1.165, 1.54) is 0 Å². The summed E-state index contributed by atoms with van der Waals surface area (Å²) in [6.45, 7) is 0.341. The molecule has 3 nitrogen and oxygen atoms in total. The number of para-hydroxylation sites is 1. The fourth-order valence-electron chi connectivity index (χ4n) is 0.958. The molecule has 0 aromatic heterocycles. The van der Waals surface area contributed by atoms with Gasteiger partial charge in [-0.05, 0) is 28.7 Å². The molecule has 0 radical (unpaired) electrons. The van der Waals surface area contributed by atoms with Crippen molar-refractivity contribution in [2.45, 2.75) is 6.04 Å². The Morgan fingerprint density at radius 1 is 1.50 bits per heavy atom. The van der Waals surface area contributed by atoms with Crippen LogP contribution >= 0.6 is 22.6 Å². The van der Waals surface area contributed by atoms with E-state index in [2.05, 4.69) is 22.6 Å². The highest BCUT2D eigenvalue weighted by molar-refractivity contribution is 14.1. The first kappa shape index (κ1) is 9.76. The zero-order chi connectivity index (χ0) is 9.14. The summed E-state index contributed by atoms with van der Waals surface area (Å²) in [6.07, 6.45) is 0. The molecule has 0 amide bonds. The summed E-state index contributed by atoms with van der Waals surface area (Å²) in [6, 6.07) is 5.18. The van der Waals surface area contributed by atoms with Gasteiger partial charge in [-0.15, -0.1) is 0 Å². The van der Waals surface area contributed by atoms with Crippen molar-refractivity contribution < 1.29 is 5.11 Å². The van der Waals surface area contributed by atoms with Crippen molar-refractivity contribution in [3.63, 3.8) is 0 Å². The smallest absolute Gasteiger partial charge is 0.133 e. The molecule has 0 bridgehead atoms. The lowest BCUT2D eigenvalue weighted by Crippen LogP contribution is -2.20. The second kappa shape index (κ2) is 4.06. The van der Waals surface area contributed by atoms with Crippen molar-refractivity contribution in [2.75, 3.05) is 6.54 Å². The Hall–Kier alpha value is -0.330. The Bertz CT molecular complexity index is 278. The topological polar surface area (TPSA) is 72.3 Å². The molecule has 1 aromatic carbocycles. The zero-order valence-corrected chi connectivity index (χ0v) is 8.65. The van der Waals surface area contributed by atoms with Crippen molar-refractivity contribution >= 4 is 22.6 Å². The SMILES string of the molecule is NC[C@@H](N)c1cccc(I)c1O. The van der Waals surface area contributed by atoms with Gasteiger partial charge in [0.2, 0.25) is 0 Å². The van der Waals surface area contributed by atoms with E-state index >= 15 is 0 Å². The van der Waals surface area contributed by atoms with Gasteiger partial charge >= 0.3 is 0 Å². The van der Waals surface area contributed by atoms with Gasteiger partial charge in [0.05, 0.1) is 3.57 Å². The van der Waals surface area contributed by atoms with Crippen molar-refractivity contribution in [2.24, 2.45) is 11.5 Å². The lowest BCUT2D eigenvalue weighted by atomic mass is 10.1. The van der Waals surface area contributed by atoms with E-state index in [0.29, 0.717) is 12.1 Å². The molecule has 0 aliphatic heterocycles. The summed E-state index contributed by atoms with van der Waals surface area (Å²) < 4.78 is 0.800. The number of phenols is 1. The molecule has 5 N–H and O–H groups in total. The van der Waals surface area contributed by atoms with Gasteiger partial charge in [0.15, 0.2) is 0 Å². The molecule has 1 aromatic rings. The fourth-order valence-corrected chi connectivity index (χ4v) is 1.48. The van der Waals surface area contributed by atoms with Gasteiger partial charge in [0, 0.05) is 18.2 Å². The quantitative estimate of drug-likeness (QED) is 0.705. The van der Waals surface area contributed by atoms with Crippen LogP contribution in [0.3, 0.4) is 0 Å². The lowest BCUT2D eigenvalue weighted by molar-refractivity contribution is 0.458. The molecule has 0 heterocycles. The first-order valence-corrected chi connectivity index (χ1v) is 4.67. The molecule has 1 atom stereocenters. The van der Waals surface area contributed by atoms with E-state index in [1.54, 1.807) is 6.07 Å². The van der Waals surface area contributed by atoms with Gasteiger partial charge in [-0.25, -0.2) is 0 Å². The van der Waals surface area contributed by atoms with Crippen LogP contribution in [0.5, 0.6) is 5.75 Å². The number of hydrogen-bond donors (Lipinski definition) is 3. The van der Waals surface area contributed by atoms with Crippen LogP contribution in [0.2, 0.25) is 0 Å². The van der Waals surface area contributed by atoms with Crippen LogP contribution in [0.1, 0.15) is 11.6 Å². The van der Waals surface area contributed by atoms with Crippen molar-refractivity contribution in [3.8, 4) is 5.75 Å². The third-order valence-corrected chi connectivity index (χ3v) is 2.54. The molecule has 4 heteroatoms. The Labute approximate surface area is 84.9 Å². The number of nitrogens with two attached hydrogens (primary N) is 2. The molecule has 1 rings (SSSR count). The summed E-state index contributed by atoms with van der Waals surface area (Å²) in [5, 5.41) is 9.56. The van der Waals surface area contributed by atoms with Crippen molar-refractivity contribution in [1.29, 1.82) is 0 Å². The van der Waals surface area contributed by atoms with Crippen LogP contribution in [-0.4, -0.2) is 11.7 Å². The zero-order valence-electron chi connectivity index (χ0n) is 6.50. The van der Waals surface area contributed by atoms with E-state index in [4.69, 9.17) is 11.5 Å². The first-order valence-electron chi connectivity index (χ1n) is 3.60. The van der Waals surface area contributed by atoms with Gasteiger partial charge in [-0.3, -0.25) is 0 Å². The fraction of sp³-hybridized carbons (Fsp3) is 0.250. The number of hydrogen-bond acceptors (Lipinski definition) is 3. The molecular formula is C8H11IN2O. The predicted molar refractivity (Wildman–Crippen MR) is 56.8 cm³/mol. The number of halogens is 1. The van der Waals surface area contributed by atoms with Gasteiger partial charge in [-0.2, -0.15) is 0 Å². The second-order valence-corrected chi connectivity index (χ2v) is 3.68. The third kappa shape index (κ3) is 1.88. The maximum absolute atomic E-state index is 9.56.